The molecule has 4 heterocycles. The molecule has 0 radical (unpaired) electrons. The molecule has 1 aliphatic rings. The Hall–Kier alpha value is -3.43. The van der Waals surface area contributed by atoms with Crippen LogP contribution in [0.5, 0.6) is 0 Å². The van der Waals surface area contributed by atoms with Crippen LogP contribution in [0.1, 0.15) is 5.82 Å². The van der Waals surface area contributed by atoms with E-state index in [1.807, 2.05) is 18.2 Å². The highest BCUT2D eigenvalue weighted by atomic mass is 16.3. The quantitative estimate of drug-likeness (QED) is 0.513. The fourth-order valence-electron chi connectivity index (χ4n) is 2.96. The van der Waals surface area contributed by atoms with Gasteiger partial charge in [-0.15, -0.1) is 5.10 Å². The standard InChI is InChI=1S/C17H21N9O/c1-18-16(21-12-14-22-15(24-23-14)13-4-2-11-27-13)25-7-9-26(10-8-25)17-19-5-3-6-20-17/h2-6,11H,7-10,12H2,1H3,(H,18,21)(H,22,23,24). The van der Waals surface area contributed by atoms with E-state index in [4.69, 9.17) is 4.42 Å². The first-order valence-corrected chi connectivity index (χ1v) is 8.76. The predicted molar refractivity (Wildman–Crippen MR) is 100 cm³/mol. The van der Waals surface area contributed by atoms with E-state index in [0.717, 1.165) is 43.9 Å². The van der Waals surface area contributed by atoms with Crippen molar-refractivity contribution in [3.05, 3.63) is 42.7 Å². The minimum absolute atomic E-state index is 0.502. The minimum atomic E-state index is 0.502. The highest BCUT2D eigenvalue weighted by molar-refractivity contribution is 5.80. The van der Waals surface area contributed by atoms with Gasteiger partial charge in [0.1, 0.15) is 5.82 Å². The van der Waals surface area contributed by atoms with Crippen LogP contribution in [0.4, 0.5) is 5.95 Å². The normalized spacial score (nSPS) is 15.2. The maximum atomic E-state index is 5.31. The lowest BCUT2D eigenvalue weighted by Gasteiger charge is -2.36. The molecule has 3 aromatic heterocycles. The van der Waals surface area contributed by atoms with Crippen LogP contribution in [0.2, 0.25) is 0 Å². The number of hydrogen-bond donors (Lipinski definition) is 2. The Kier molecular flexibility index (Phi) is 4.95. The van der Waals surface area contributed by atoms with Crippen LogP contribution in [0.25, 0.3) is 11.6 Å². The van der Waals surface area contributed by atoms with Crippen LogP contribution in [0.15, 0.2) is 46.3 Å². The summed E-state index contributed by atoms with van der Waals surface area (Å²) in [4.78, 5) is 21.8. The number of aromatic nitrogens is 5. The molecule has 0 unspecified atom stereocenters. The first-order valence-electron chi connectivity index (χ1n) is 8.76. The number of H-pyrrole nitrogens is 1. The summed E-state index contributed by atoms with van der Waals surface area (Å²) in [6, 6.07) is 5.47. The lowest BCUT2D eigenvalue weighted by Crippen LogP contribution is -2.52. The summed E-state index contributed by atoms with van der Waals surface area (Å²) in [5, 5.41) is 10.4. The van der Waals surface area contributed by atoms with Crippen LogP contribution in [0, 0.1) is 0 Å². The van der Waals surface area contributed by atoms with Gasteiger partial charge in [-0.1, -0.05) is 0 Å². The van der Waals surface area contributed by atoms with E-state index in [1.54, 1.807) is 25.7 Å². The van der Waals surface area contributed by atoms with Gasteiger partial charge in [0.2, 0.25) is 11.8 Å². The van der Waals surface area contributed by atoms with Crippen molar-refractivity contribution in [3.63, 3.8) is 0 Å². The molecule has 10 nitrogen and oxygen atoms in total. The Labute approximate surface area is 156 Å². The number of guanidine groups is 1. The number of nitrogens with zero attached hydrogens (tertiary/aromatic N) is 7. The van der Waals surface area contributed by atoms with Gasteiger partial charge in [-0.2, -0.15) is 0 Å². The number of hydrogen-bond acceptors (Lipinski definition) is 7. The molecule has 1 aliphatic heterocycles. The average molecular weight is 367 g/mol. The summed E-state index contributed by atoms with van der Waals surface area (Å²) >= 11 is 0. The molecule has 1 saturated heterocycles. The number of piperazine rings is 1. The van der Waals surface area contributed by atoms with Crippen LogP contribution in [-0.2, 0) is 6.54 Å². The second kappa shape index (κ2) is 7.85. The van der Waals surface area contributed by atoms with Gasteiger partial charge in [-0.05, 0) is 18.2 Å². The van der Waals surface area contributed by atoms with E-state index < -0.39 is 0 Å². The van der Waals surface area contributed by atoms with Crippen molar-refractivity contribution in [2.75, 3.05) is 38.1 Å². The zero-order valence-corrected chi connectivity index (χ0v) is 15.0. The molecule has 0 atom stereocenters. The van der Waals surface area contributed by atoms with Crippen molar-refractivity contribution in [2.24, 2.45) is 4.99 Å². The maximum absolute atomic E-state index is 5.31. The monoisotopic (exact) mass is 367 g/mol. The number of anilines is 1. The molecule has 0 aliphatic carbocycles. The molecule has 0 aromatic carbocycles. The highest BCUT2D eigenvalue weighted by Crippen LogP contribution is 2.14. The summed E-state index contributed by atoms with van der Waals surface area (Å²) in [7, 11) is 1.78. The second-order valence-corrected chi connectivity index (χ2v) is 6.01. The van der Waals surface area contributed by atoms with E-state index in [2.05, 4.69) is 45.3 Å². The lowest BCUT2D eigenvalue weighted by molar-refractivity contribution is 0.369. The van der Waals surface area contributed by atoms with Crippen LogP contribution >= 0.6 is 0 Å². The van der Waals surface area contributed by atoms with E-state index in [9.17, 15) is 0 Å². The van der Waals surface area contributed by atoms with Gasteiger partial charge in [0.25, 0.3) is 0 Å². The Morgan fingerprint density at radius 2 is 2.04 bits per heavy atom. The summed E-state index contributed by atoms with van der Waals surface area (Å²) in [6.45, 7) is 3.87. The summed E-state index contributed by atoms with van der Waals surface area (Å²) < 4.78 is 5.31. The number of nitrogens with one attached hydrogen (secondary N) is 2. The number of furan rings is 1. The molecule has 0 amide bonds. The van der Waals surface area contributed by atoms with Crippen molar-refractivity contribution in [1.29, 1.82) is 0 Å². The Morgan fingerprint density at radius 3 is 2.74 bits per heavy atom. The molecule has 2 N–H and O–H groups in total. The first-order chi connectivity index (χ1) is 13.3. The Morgan fingerprint density at radius 1 is 1.22 bits per heavy atom. The summed E-state index contributed by atoms with van der Waals surface area (Å²) in [5.41, 5.74) is 0. The number of rotatable bonds is 4. The Balaban J connectivity index is 1.31. The molecule has 0 spiro atoms. The van der Waals surface area contributed by atoms with E-state index >= 15 is 0 Å². The molecule has 3 aromatic rings. The van der Waals surface area contributed by atoms with Crippen molar-refractivity contribution < 1.29 is 4.42 Å². The van der Waals surface area contributed by atoms with E-state index in [1.165, 1.54) is 0 Å². The molecule has 10 heteroatoms. The van der Waals surface area contributed by atoms with Crippen LogP contribution < -0.4 is 10.2 Å². The molecular weight excluding hydrogens is 346 g/mol. The van der Waals surface area contributed by atoms with Gasteiger partial charge in [0, 0.05) is 45.6 Å². The third-order valence-corrected chi connectivity index (χ3v) is 4.31. The molecular formula is C17H21N9O. The first kappa shape index (κ1) is 17.0. The molecule has 27 heavy (non-hydrogen) atoms. The maximum Gasteiger partial charge on any atom is 0.225 e. The highest BCUT2D eigenvalue weighted by Gasteiger charge is 2.21. The smallest absolute Gasteiger partial charge is 0.225 e. The average Bonchev–Trinajstić information content (AvgIpc) is 3.41. The SMILES string of the molecule is CN=C(NCc1nc(-c2ccco2)n[nH]1)N1CCN(c2ncccn2)CC1. The fourth-order valence-corrected chi connectivity index (χ4v) is 2.96. The zero-order chi connectivity index (χ0) is 18.5. The van der Waals surface area contributed by atoms with Crippen molar-refractivity contribution in [3.8, 4) is 11.6 Å². The predicted octanol–water partition coefficient (Wildman–Crippen LogP) is 0.752. The van der Waals surface area contributed by atoms with Gasteiger partial charge in [0.15, 0.2) is 11.7 Å². The lowest BCUT2D eigenvalue weighted by atomic mass is 10.3. The largest absolute Gasteiger partial charge is 0.461 e. The van der Waals surface area contributed by atoms with Crippen molar-refractivity contribution >= 4 is 11.9 Å². The third kappa shape index (κ3) is 3.89. The van der Waals surface area contributed by atoms with E-state index in [-0.39, 0.29) is 0 Å². The number of aliphatic imine (C=N–C) groups is 1. The van der Waals surface area contributed by atoms with Gasteiger partial charge in [0.05, 0.1) is 12.8 Å². The van der Waals surface area contributed by atoms with Crippen LogP contribution in [-0.4, -0.2) is 69.2 Å². The van der Waals surface area contributed by atoms with E-state index in [0.29, 0.717) is 18.1 Å². The number of aromatic amines is 1. The second-order valence-electron chi connectivity index (χ2n) is 6.01. The molecule has 1 fully saturated rings. The fraction of sp³-hybridized carbons (Fsp3) is 0.353. The van der Waals surface area contributed by atoms with Crippen LogP contribution in [0.3, 0.4) is 0 Å². The Bertz CT molecular complexity index is 867. The van der Waals surface area contributed by atoms with Gasteiger partial charge in [-0.25, -0.2) is 15.0 Å². The molecule has 4 rings (SSSR count). The minimum Gasteiger partial charge on any atom is -0.461 e. The summed E-state index contributed by atoms with van der Waals surface area (Å²) in [6.07, 6.45) is 5.14. The molecule has 0 bridgehead atoms. The van der Waals surface area contributed by atoms with Gasteiger partial charge in [-0.3, -0.25) is 10.1 Å². The van der Waals surface area contributed by atoms with Crippen molar-refractivity contribution in [2.45, 2.75) is 6.54 Å². The molecule has 140 valence electrons. The zero-order valence-electron chi connectivity index (χ0n) is 15.0. The third-order valence-electron chi connectivity index (χ3n) is 4.31. The van der Waals surface area contributed by atoms with Gasteiger partial charge >= 0.3 is 0 Å². The summed E-state index contributed by atoms with van der Waals surface area (Å²) in [5.74, 6) is 3.51. The van der Waals surface area contributed by atoms with Gasteiger partial charge < -0.3 is 19.5 Å². The molecule has 0 saturated carbocycles. The van der Waals surface area contributed by atoms with Crippen molar-refractivity contribution in [1.82, 2.24) is 35.4 Å². The topological polar surface area (TPSA) is 111 Å².